The van der Waals surface area contributed by atoms with E-state index >= 15 is 0 Å². The van der Waals surface area contributed by atoms with Gasteiger partial charge < -0.3 is 10.4 Å². The van der Waals surface area contributed by atoms with Crippen LogP contribution in [0.2, 0.25) is 0 Å². The van der Waals surface area contributed by atoms with Crippen LogP contribution in [0.4, 0.5) is 18.9 Å². The van der Waals surface area contributed by atoms with Crippen LogP contribution in [0, 0.1) is 10.1 Å². The van der Waals surface area contributed by atoms with E-state index in [9.17, 15) is 32.9 Å². The summed E-state index contributed by atoms with van der Waals surface area (Å²) in [7, 11) is 0. The van der Waals surface area contributed by atoms with Gasteiger partial charge in [0.15, 0.2) is 5.17 Å². The average molecular weight is 499 g/mol. The van der Waals surface area contributed by atoms with Crippen LogP contribution in [0.5, 0.6) is 0 Å². The van der Waals surface area contributed by atoms with E-state index in [2.05, 4.69) is 20.5 Å². The molecule has 0 aliphatic carbocycles. The zero-order valence-corrected chi connectivity index (χ0v) is 17.8. The fraction of sp³-hybridized carbons (Fsp3) is 0.167. The lowest BCUT2D eigenvalue weighted by Crippen LogP contribution is -2.26. The molecule has 2 heterocycles. The number of carboxylic acid groups (broad SMARTS) is 1. The molecule has 0 spiro atoms. The number of carboxylic acids is 1. The second kappa shape index (κ2) is 9.99. The minimum absolute atomic E-state index is 0.0616. The number of hydrogen-bond donors (Lipinski definition) is 2. The lowest BCUT2D eigenvalue weighted by atomic mass is 10.2. The van der Waals surface area contributed by atoms with E-state index in [0.717, 1.165) is 29.6 Å². The third-order valence-electron chi connectivity index (χ3n) is 3.96. The lowest BCUT2D eigenvalue weighted by Gasteiger charge is -2.08. The van der Waals surface area contributed by atoms with Crippen LogP contribution in [0.1, 0.15) is 17.5 Å². The van der Waals surface area contributed by atoms with Gasteiger partial charge >= 0.3 is 12.1 Å². The average Bonchev–Trinajstić information content (AvgIpc) is 3.07. The molecule has 1 aromatic carbocycles. The molecular weight excluding hydrogens is 487 g/mol. The number of nitro benzene ring substituents is 1. The van der Waals surface area contributed by atoms with Crippen molar-refractivity contribution in [3.05, 3.63) is 57.8 Å². The van der Waals surface area contributed by atoms with Gasteiger partial charge in [-0.2, -0.15) is 18.3 Å². The highest BCUT2D eigenvalue weighted by atomic mass is 32.2. The molecule has 1 saturated heterocycles. The Bertz CT molecular complexity index is 1160. The van der Waals surface area contributed by atoms with Crippen molar-refractivity contribution in [2.24, 2.45) is 10.2 Å². The molecule has 2 aromatic rings. The van der Waals surface area contributed by atoms with Gasteiger partial charge in [0.2, 0.25) is 5.91 Å². The summed E-state index contributed by atoms with van der Waals surface area (Å²) in [6.45, 7) is 0. The Balaban J connectivity index is 1.82. The number of carbonyl (C=O) groups is 2. The number of non-ortho nitro benzene ring substituents is 1. The standard InChI is InChI=1S/C18H12F3N5O5S2/c19-18(20,21)10-1-4-14(22-8-10)32-12-3-2-11(26(30)31)5-9(12)7-23-25-17-24-16(29)13(33-17)6-15(27)28/h1-5,7-8,13H,6H2,(H,27,28)(H,24,25,29). The minimum Gasteiger partial charge on any atom is -0.481 e. The molecule has 33 heavy (non-hydrogen) atoms. The third kappa shape index (κ3) is 6.52. The van der Waals surface area contributed by atoms with Crippen LogP contribution < -0.4 is 5.32 Å². The Morgan fingerprint density at radius 1 is 1.36 bits per heavy atom. The van der Waals surface area contributed by atoms with Gasteiger partial charge in [0.05, 0.1) is 23.1 Å². The third-order valence-corrected chi connectivity index (χ3v) is 6.08. The number of carbonyl (C=O) groups excluding carboxylic acids is 1. The number of nitrogens with one attached hydrogen (secondary N) is 1. The summed E-state index contributed by atoms with van der Waals surface area (Å²) in [5.41, 5.74) is -0.930. The van der Waals surface area contributed by atoms with Gasteiger partial charge in [0.25, 0.3) is 5.69 Å². The Labute approximate surface area is 191 Å². The van der Waals surface area contributed by atoms with Crippen molar-refractivity contribution in [1.82, 2.24) is 10.3 Å². The number of hydrogen-bond acceptors (Lipinski definition) is 9. The van der Waals surface area contributed by atoms with Crippen molar-refractivity contribution in [1.29, 1.82) is 0 Å². The summed E-state index contributed by atoms with van der Waals surface area (Å²) in [6.07, 6.45) is -3.08. The SMILES string of the molecule is O=C(O)CC1SC(=NN=Cc2cc([N+](=O)[O-])ccc2Sc2ccc(C(F)(F)F)cn2)NC1=O. The van der Waals surface area contributed by atoms with Gasteiger partial charge in [-0.3, -0.25) is 19.7 Å². The summed E-state index contributed by atoms with van der Waals surface area (Å²) < 4.78 is 38.1. The number of thioether (sulfide) groups is 1. The Morgan fingerprint density at radius 3 is 2.73 bits per heavy atom. The number of pyridine rings is 1. The number of halogens is 3. The van der Waals surface area contributed by atoms with Crippen LogP contribution in [-0.4, -0.2) is 43.5 Å². The van der Waals surface area contributed by atoms with E-state index in [0.29, 0.717) is 11.1 Å². The molecule has 1 unspecified atom stereocenters. The topological polar surface area (TPSA) is 147 Å². The Kier molecular flexibility index (Phi) is 7.33. The first-order valence-electron chi connectivity index (χ1n) is 8.83. The molecule has 10 nitrogen and oxygen atoms in total. The normalized spacial score (nSPS) is 17.5. The monoisotopic (exact) mass is 499 g/mol. The maximum absolute atomic E-state index is 12.7. The van der Waals surface area contributed by atoms with E-state index in [1.807, 2.05) is 0 Å². The Hall–Kier alpha value is -3.46. The first-order valence-corrected chi connectivity index (χ1v) is 10.5. The van der Waals surface area contributed by atoms with Crippen molar-refractivity contribution in [3.8, 4) is 0 Å². The predicted octanol–water partition coefficient (Wildman–Crippen LogP) is 3.56. The molecule has 0 bridgehead atoms. The molecule has 1 aromatic heterocycles. The summed E-state index contributed by atoms with van der Waals surface area (Å²) in [6, 6.07) is 5.85. The maximum Gasteiger partial charge on any atom is 0.417 e. The lowest BCUT2D eigenvalue weighted by molar-refractivity contribution is -0.384. The number of rotatable bonds is 7. The highest BCUT2D eigenvalue weighted by Crippen LogP contribution is 2.33. The van der Waals surface area contributed by atoms with E-state index < -0.39 is 40.2 Å². The second-order valence-electron chi connectivity index (χ2n) is 6.31. The largest absolute Gasteiger partial charge is 0.481 e. The smallest absolute Gasteiger partial charge is 0.417 e. The number of benzene rings is 1. The van der Waals surface area contributed by atoms with Crippen LogP contribution in [-0.2, 0) is 15.8 Å². The fourth-order valence-corrected chi connectivity index (χ4v) is 4.20. The quantitative estimate of drug-likeness (QED) is 0.334. The molecule has 1 amide bonds. The molecule has 172 valence electrons. The summed E-state index contributed by atoms with van der Waals surface area (Å²) in [5, 5.41) is 29.3. The van der Waals surface area contributed by atoms with E-state index in [-0.39, 0.29) is 21.4 Å². The number of nitro groups is 1. The summed E-state index contributed by atoms with van der Waals surface area (Å²) in [4.78, 5) is 37.1. The van der Waals surface area contributed by atoms with Crippen molar-refractivity contribution in [2.75, 3.05) is 0 Å². The van der Waals surface area contributed by atoms with Gasteiger partial charge in [0.1, 0.15) is 10.3 Å². The number of amides is 1. The molecular formula is C18H12F3N5O5S2. The highest BCUT2D eigenvalue weighted by molar-refractivity contribution is 8.15. The number of amidine groups is 1. The van der Waals surface area contributed by atoms with Gasteiger partial charge in [-0.05, 0) is 18.2 Å². The fourth-order valence-electron chi connectivity index (χ4n) is 2.45. The predicted molar refractivity (Wildman–Crippen MR) is 113 cm³/mol. The number of aromatic nitrogens is 1. The van der Waals surface area contributed by atoms with Crippen molar-refractivity contribution >= 4 is 52.5 Å². The molecule has 0 saturated carbocycles. The van der Waals surface area contributed by atoms with Crippen LogP contribution in [0.15, 0.2) is 56.7 Å². The van der Waals surface area contributed by atoms with Crippen molar-refractivity contribution < 1.29 is 32.8 Å². The first-order chi connectivity index (χ1) is 15.5. The highest BCUT2D eigenvalue weighted by Gasteiger charge is 2.32. The van der Waals surface area contributed by atoms with E-state index in [1.54, 1.807) is 0 Å². The van der Waals surface area contributed by atoms with Crippen LogP contribution in [0.3, 0.4) is 0 Å². The molecule has 1 aliphatic heterocycles. The van der Waals surface area contributed by atoms with Gasteiger partial charge in [-0.1, -0.05) is 23.5 Å². The van der Waals surface area contributed by atoms with Crippen LogP contribution in [0.25, 0.3) is 0 Å². The van der Waals surface area contributed by atoms with Crippen molar-refractivity contribution in [2.45, 2.75) is 27.8 Å². The Morgan fingerprint density at radius 2 is 2.12 bits per heavy atom. The number of nitrogens with zero attached hydrogens (tertiary/aromatic N) is 4. The first kappa shape index (κ1) is 24.2. The molecule has 1 fully saturated rings. The number of aliphatic carboxylic acids is 1. The summed E-state index contributed by atoms with van der Waals surface area (Å²) in [5.74, 6) is -1.68. The number of alkyl halides is 3. The minimum atomic E-state index is -4.53. The van der Waals surface area contributed by atoms with E-state index in [1.165, 1.54) is 30.5 Å². The van der Waals surface area contributed by atoms with Gasteiger partial charge in [-0.25, -0.2) is 4.98 Å². The van der Waals surface area contributed by atoms with Gasteiger partial charge in [-0.15, -0.1) is 5.10 Å². The maximum atomic E-state index is 12.7. The van der Waals surface area contributed by atoms with Crippen LogP contribution >= 0.6 is 23.5 Å². The van der Waals surface area contributed by atoms with Gasteiger partial charge in [0, 0.05) is 28.8 Å². The molecule has 1 aliphatic rings. The zero-order valence-electron chi connectivity index (χ0n) is 16.1. The van der Waals surface area contributed by atoms with Crippen molar-refractivity contribution in [3.63, 3.8) is 0 Å². The van der Waals surface area contributed by atoms with E-state index in [4.69, 9.17) is 5.11 Å². The molecule has 0 radical (unpaired) electrons. The zero-order chi connectivity index (χ0) is 24.2. The molecule has 1 atom stereocenters. The molecule has 2 N–H and O–H groups in total. The second-order valence-corrected chi connectivity index (χ2v) is 8.56. The molecule has 3 rings (SSSR count). The molecule has 15 heteroatoms. The summed E-state index contributed by atoms with van der Waals surface area (Å²) >= 11 is 1.84.